The molecule has 148 valence electrons. The second-order valence-electron chi connectivity index (χ2n) is 6.39. The van der Waals surface area contributed by atoms with Crippen molar-refractivity contribution in [3.05, 3.63) is 44.8 Å². The van der Waals surface area contributed by atoms with Crippen molar-refractivity contribution in [1.29, 1.82) is 0 Å². The Hall–Kier alpha value is -2.16. The van der Waals surface area contributed by atoms with E-state index < -0.39 is 11.8 Å². The van der Waals surface area contributed by atoms with Gasteiger partial charge in [-0.1, -0.05) is 18.0 Å². The van der Waals surface area contributed by atoms with Gasteiger partial charge >= 0.3 is 0 Å². The third-order valence-corrected chi connectivity index (χ3v) is 6.17. The van der Waals surface area contributed by atoms with Crippen LogP contribution in [-0.2, 0) is 12.8 Å². The second-order valence-corrected chi connectivity index (χ2v) is 8.34. The molecule has 0 unspecified atom stereocenters. The molecule has 1 heterocycles. The highest BCUT2D eigenvalue weighted by atomic mass is 35.5. The molecule has 0 saturated carbocycles. The number of thiocarbonyl (C=S) groups is 1. The predicted molar refractivity (Wildman–Crippen MR) is 116 cm³/mol. The van der Waals surface area contributed by atoms with Crippen molar-refractivity contribution < 1.29 is 14.3 Å². The molecule has 0 atom stereocenters. The van der Waals surface area contributed by atoms with Crippen molar-refractivity contribution in [1.82, 2.24) is 5.32 Å². The number of methoxy groups -OCH3 is 1. The molecule has 0 saturated heterocycles. The molecule has 0 spiro atoms. The molecular formula is C19H20ClN3O3S2. The Balaban J connectivity index is 1.79. The zero-order valence-corrected chi connectivity index (χ0v) is 17.7. The average molecular weight is 438 g/mol. The minimum Gasteiger partial charge on any atom is -0.496 e. The van der Waals surface area contributed by atoms with Crippen LogP contribution in [0.3, 0.4) is 0 Å². The van der Waals surface area contributed by atoms with Crippen LogP contribution in [0.15, 0.2) is 18.2 Å². The molecule has 2 amide bonds. The quantitative estimate of drug-likeness (QED) is 0.498. The number of amides is 2. The summed E-state index contributed by atoms with van der Waals surface area (Å²) in [5.41, 5.74) is 7.36. The summed E-state index contributed by atoms with van der Waals surface area (Å²) >= 11 is 12.7. The van der Waals surface area contributed by atoms with Gasteiger partial charge in [0.1, 0.15) is 10.8 Å². The van der Waals surface area contributed by atoms with Gasteiger partial charge in [0.05, 0.1) is 18.2 Å². The second kappa shape index (κ2) is 8.89. The van der Waals surface area contributed by atoms with E-state index in [9.17, 15) is 9.59 Å². The fraction of sp³-hybridized carbons (Fsp3) is 0.316. The van der Waals surface area contributed by atoms with E-state index >= 15 is 0 Å². The third kappa shape index (κ3) is 4.45. The molecule has 0 radical (unpaired) electrons. The predicted octanol–water partition coefficient (Wildman–Crippen LogP) is 3.90. The van der Waals surface area contributed by atoms with Gasteiger partial charge < -0.3 is 15.8 Å². The Bertz CT molecular complexity index is 943. The number of benzene rings is 1. The van der Waals surface area contributed by atoms with Crippen molar-refractivity contribution in [2.75, 3.05) is 12.4 Å². The van der Waals surface area contributed by atoms with Gasteiger partial charge in [-0.15, -0.1) is 11.3 Å². The van der Waals surface area contributed by atoms with E-state index in [0.717, 1.165) is 42.5 Å². The van der Waals surface area contributed by atoms with Gasteiger partial charge in [0, 0.05) is 9.90 Å². The number of hydrogen-bond donors (Lipinski definition) is 3. The zero-order valence-electron chi connectivity index (χ0n) is 15.3. The molecule has 1 aromatic heterocycles. The van der Waals surface area contributed by atoms with Crippen molar-refractivity contribution in [3.8, 4) is 5.75 Å². The average Bonchev–Trinajstić information content (AvgIpc) is 2.82. The smallest absolute Gasteiger partial charge is 0.261 e. The van der Waals surface area contributed by atoms with E-state index in [2.05, 4.69) is 10.6 Å². The van der Waals surface area contributed by atoms with E-state index in [1.54, 1.807) is 12.1 Å². The maximum atomic E-state index is 12.6. The molecule has 1 aromatic carbocycles. The number of primary amides is 1. The highest BCUT2D eigenvalue weighted by molar-refractivity contribution is 7.80. The molecule has 4 N–H and O–H groups in total. The first-order valence-corrected chi connectivity index (χ1v) is 10.4. The molecule has 6 nitrogen and oxygen atoms in total. The molecule has 0 aliphatic heterocycles. The Morgan fingerprint density at radius 3 is 2.71 bits per heavy atom. The summed E-state index contributed by atoms with van der Waals surface area (Å²) in [5, 5.41) is 6.62. The Kier molecular flexibility index (Phi) is 6.53. The number of carbonyl (C=O) groups is 2. The highest BCUT2D eigenvalue weighted by Crippen LogP contribution is 2.37. The third-order valence-electron chi connectivity index (χ3n) is 4.53. The molecule has 28 heavy (non-hydrogen) atoms. The van der Waals surface area contributed by atoms with Crippen LogP contribution >= 0.6 is 35.2 Å². The normalized spacial score (nSPS) is 13.2. The summed E-state index contributed by atoms with van der Waals surface area (Å²) in [6.07, 6.45) is 4.99. The maximum absolute atomic E-state index is 12.6. The van der Waals surface area contributed by atoms with Crippen LogP contribution in [0.1, 0.15) is 50.4 Å². The van der Waals surface area contributed by atoms with Gasteiger partial charge in [-0.25, -0.2) is 0 Å². The fourth-order valence-corrected chi connectivity index (χ4v) is 4.98. The van der Waals surface area contributed by atoms with Gasteiger partial charge in [0.2, 0.25) is 0 Å². The highest BCUT2D eigenvalue weighted by Gasteiger charge is 2.24. The van der Waals surface area contributed by atoms with E-state index in [1.807, 2.05) is 0 Å². The lowest BCUT2D eigenvalue weighted by Crippen LogP contribution is -2.34. The molecule has 1 aliphatic carbocycles. The van der Waals surface area contributed by atoms with E-state index in [0.29, 0.717) is 21.3 Å². The van der Waals surface area contributed by atoms with Gasteiger partial charge in [-0.05, 0) is 61.7 Å². The number of rotatable bonds is 4. The zero-order chi connectivity index (χ0) is 20.3. The Morgan fingerprint density at radius 2 is 2.00 bits per heavy atom. The van der Waals surface area contributed by atoms with Crippen LogP contribution in [0.5, 0.6) is 5.75 Å². The van der Waals surface area contributed by atoms with Crippen molar-refractivity contribution in [2.45, 2.75) is 32.1 Å². The SMILES string of the molecule is COc1ccc(Cl)cc1C(=O)NC(=S)Nc1sc2c(c1C(N)=O)CCCCC2. The lowest BCUT2D eigenvalue weighted by atomic mass is 10.1. The van der Waals surface area contributed by atoms with E-state index in [1.165, 1.54) is 24.5 Å². The van der Waals surface area contributed by atoms with Crippen LogP contribution in [-0.4, -0.2) is 24.0 Å². The van der Waals surface area contributed by atoms with Crippen molar-refractivity contribution in [2.24, 2.45) is 5.73 Å². The van der Waals surface area contributed by atoms with Crippen LogP contribution in [0, 0.1) is 0 Å². The number of nitrogens with two attached hydrogens (primary N) is 1. The Labute approximate surface area is 177 Å². The lowest BCUT2D eigenvalue weighted by Gasteiger charge is -2.12. The summed E-state index contributed by atoms with van der Waals surface area (Å²) < 4.78 is 5.20. The summed E-state index contributed by atoms with van der Waals surface area (Å²) in [4.78, 5) is 25.8. The number of halogens is 1. The number of carbonyl (C=O) groups excluding carboxylic acids is 2. The monoisotopic (exact) mass is 437 g/mol. The van der Waals surface area contributed by atoms with Gasteiger partial charge in [-0.3, -0.25) is 14.9 Å². The van der Waals surface area contributed by atoms with E-state index in [-0.39, 0.29) is 10.7 Å². The first-order chi connectivity index (χ1) is 13.4. The first kappa shape index (κ1) is 20.6. The molecule has 9 heteroatoms. The minimum atomic E-state index is -0.493. The summed E-state index contributed by atoms with van der Waals surface area (Å²) in [6, 6.07) is 4.74. The van der Waals surface area contributed by atoms with E-state index in [4.69, 9.17) is 34.3 Å². The summed E-state index contributed by atoms with van der Waals surface area (Å²) in [7, 11) is 1.47. The van der Waals surface area contributed by atoms with Crippen LogP contribution in [0.2, 0.25) is 5.02 Å². The number of anilines is 1. The lowest BCUT2D eigenvalue weighted by molar-refractivity contribution is 0.0972. The Morgan fingerprint density at radius 1 is 1.25 bits per heavy atom. The van der Waals surface area contributed by atoms with Gasteiger partial charge in [-0.2, -0.15) is 0 Å². The first-order valence-electron chi connectivity index (χ1n) is 8.81. The maximum Gasteiger partial charge on any atom is 0.261 e. The summed E-state index contributed by atoms with van der Waals surface area (Å²) in [6.45, 7) is 0. The number of ether oxygens (including phenoxy) is 1. The van der Waals surface area contributed by atoms with Crippen molar-refractivity contribution in [3.63, 3.8) is 0 Å². The molecule has 1 aliphatic rings. The minimum absolute atomic E-state index is 0.0749. The number of nitrogens with one attached hydrogen (secondary N) is 2. The number of thiophene rings is 1. The largest absolute Gasteiger partial charge is 0.496 e. The standard InChI is InChI=1S/C19H20ClN3O3S2/c1-26-13-8-7-10(20)9-12(13)17(25)22-19(27)23-18-15(16(21)24)11-5-3-2-4-6-14(11)28-18/h7-9H,2-6H2,1H3,(H2,21,24)(H2,22,23,25,27). The summed E-state index contributed by atoms with van der Waals surface area (Å²) in [5.74, 6) is -0.575. The fourth-order valence-electron chi connectivity index (χ4n) is 3.25. The molecule has 0 fully saturated rings. The van der Waals surface area contributed by atoms with Crippen LogP contribution < -0.4 is 21.1 Å². The van der Waals surface area contributed by atoms with Crippen LogP contribution in [0.4, 0.5) is 5.00 Å². The number of hydrogen-bond acceptors (Lipinski definition) is 5. The van der Waals surface area contributed by atoms with Gasteiger partial charge in [0.25, 0.3) is 11.8 Å². The van der Waals surface area contributed by atoms with Crippen LogP contribution in [0.25, 0.3) is 0 Å². The molecule has 0 bridgehead atoms. The number of fused-ring (bicyclic) bond motifs is 1. The number of aryl methyl sites for hydroxylation is 1. The topological polar surface area (TPSA) is 93.4 Å². The van der Waals surface area contributed by atoms with Crippen molar-refractivity contribution >= 4 is 57.1 Å². The molecule has 2 aromatic rings. The van der Waals surface area contributed by atoms with Gasteiger partial charge in [0.15, 0.2) is 5.11 Å². The molecule has 3 rings (SSSR count). The molecular weight excluding hydrogens is 418 g/mol.